The second kappa shape index (κ2) is 9.13. The molecule has 1 aromatic heterocycles. The molecule has 1 aromatic rings. The highest BCUT2D eigenvalue weighted by atomic mass is 32.2. The molecule has 0 aromatic carbocycles. The van der Waals surface area contributed by atoms with Crippen molar-refractivity contribution in [3.05, 3.63) is 46.8 Å². The van der Waals surface area contributed by atoms with Gasteiger partial charge in [0.2, 0.25) is 0 Å². The van der Waals surface area contributed by atoms with E-state index in [0.29, 0.717) is 28.4 Å². The van der Waals surface area contributed by atoms with E-state index in [0.717, 1.165) is 49.7 Å². The van der Waals surface area contributed by atoms with Crippen molar-refractivity contribution in [1.82, 2.24) is 19.8 Å². The predicted octanol–water partition coefficient (Wildman–Crippen LogP) is 4.97. The fourth-order valence-electron chi connectivity index (χ4n) is 3.96. The lowest BCUT2D eigenvalue weighted by Crippen LogP contribution is -2.39. The molecule has 176 valence electrons. The average molecular weight is 473 g/mol. The molecule has 32 heavy (non-hydrogen) atoms. The number of fused-ring (bicyclic) bond motifs is 1. The van der Waals surface area contributed by atoms with E-state index in [4.69, 9.17) is 0 Å². The van der Waals surface area contributed by atoms with E-state index in [1.807, 2.05) is 0 Å². The highest BCUT2D eigenvalue weighted by Gasteiger charge is 2.38. The number of amides is 2. The average Bonchev–Trinajstić information content (AvgIpc) is 3.32. The molecule has 1 saturated carbocycles. The third-order valence-corrected chi connectivity index (χ3v) is 6.68. The van der Waals surface area contributed by atoms with E-state index in [1.54, 1.807) is 4.72 Å². The van der Waals surface area contributed by atoms with Gasteiger partial charge >= 0.3 is 12.2 Å². The van der Waals surface area contributed by atoms with Crippen molar-refractivity contribution < 1.29 is 26.4 Å². The maximum absolute atomic E-state index is 13.3. The first kappa shape index (κ1) is 24.1. The minimum atomic E-state index is -4.79. The number of urea groups is 1. The SMILES string of the molecule is C=C1CCCC/C=C2/CCCC2=C1NC(=O)NS(=O)(=O)c1cc(C(F)(F)F)n(C(C)C)n1. The first-order chi connectivity index (χ1) is 14.9. The van der Waals surface area contributed by atoms with Gasteiger partial charge in [-0.1, -0.05) is 12.7 Å². The molecule has 0 bridgehead atoms. The molecule has 2 N–H and O–H groups in total. The molecule has 2 amide bonds. The van der Waals surface area contributed by atoms with Crippen LogP contribution in [0.5, 0.6) is 0 Å². The van der Waals surface area contributed by atoms with Gasteiger partial charge in [-0.2, -0.15) is 26.7 Å². The number of sulfonamides is 1. The summed E-state index contributed by atoms with van der Waals surface area (Å²) in [7, 11) is -4.63. The quantitative estimate of drug-likeness (QED) is 0.647. The number of hydrogen-bond donors (Lipinski definition) is 2. The summed E-state index contributed by atoms with van der Waals surface area (Å²) in [5.41, 5.74) is 2.05. The third-order valence-electron chi connectivity index (χ3n) is 5.47. The molecule has 7 nitrogen and oxygen atoms in total. The summed E-state index contributed by atoms with van der Waals surface area (Å²) in [6, 6.07) is -1.37. The minimum Gasteiger partial charge on any atom is -0.307 e. The second-order valence-electron chi connectivity index (χ2n) is 8.25. The van der Waals surface area contributed by atoms with Gasteiger partial charge in [0.1, 0.15) is 5.69 Å². The Morgan fingerprint density at radius 3 is 2.53 bits per heavy atom. The zero-order chi connectivity index (χ0) is 23.7. The van der Waals surface area contributed by atoms with Crippen LogP contribution in [0.25, 0.3) is 0 Å². The van der Waals surface area contributed by atoms with Gasteiger partial charge in [0.25, 0.3) is 10.0 Å². The van der Waals surface area contributed by atoms with Crippen LogP contribution < -0.4 is 10.0 Å². The van der Waals surface area contributed by atoms with Crippen LogP contribution in [0.2, 0.25) is 0 Å². The fraction of sp³-hybridized carbons (Fsp3) is 0.524. The van der Waals surface area contributed by atoms with Crippen LogP contribution in [-0.4, -0.2) is 24.2 Å². The zero-order valence-electron chi connectivity index (χ0n) is 18.1. The van der Waals surface area contributed by atoms with Gasteiger partial charge in [-0.25, -0.2) is 9.52 Å². The topological polar surface area (TPSA) is 93.1 Å². The number of hydrogen-bond acceptors (Lipinski definition) is 4. The lowest BCUT2D eigenvalue weighted by Gasteiger charge is -2.16. The zero-order valence-corrected chi connectivity index (χ0v) is 18.9. The number of allylic oxidation sites excluding steroid dienone is 4. The molecular formula is C21H27F3N4O3S. The molecule has 2 aliphatic carbocycles. The summed E-state index contributed by atoms with van der Waals surface area (Å²) >= 11 is 0. The normalized spacial score (nSPS) is 19.7. The van der Waals surface area contributed by atoms with E-state index >= 15 is 0 Å². The van der Waals surface area contributed by atoms with E-state index in [9.17, 15) is 26.4 Å². The molecule has 0 atom stereocenters. The number of aromatic nitrogens is 2. The number of nitrogens with zero attached hydrogens (tertiary/aromatic N) is 2. The van der Waals surface area contributed by atoms with Gasteiger partial charge in [-0.15, -0.1) is 0 Å². The van der Waals surface area contributed by atoms with E-state index in [1.165, 1.54) is 13.8 Å². The van der Waals surface area contributed by atoms with Gasteiger partial charge in [-0.3, -0.25) is 4.68 Å². The van der Waals surface area contributed by atoms with Crippen LogP contribution in [0, 0.1) is 0 Å². The van der Waals surface area contributed by atoms with Crippen molar-refractivity contribution in [2.75, 3.05) is 0 Å². The van der Waals surface area contributed by atoms with Crippen molar-refractivity contribution in [2.24, 2.45) is 0 Å². The van der Waals surface area contributed by atoms with Crippen LogP contribution in [-0.2, 0) is 16.2 Å². The van der Waals surface area contributed by atoms with E-state index < -0.39 is 39.0 Å². The van der Waals surface area contributed by atoms with Crippen molar-refractivity contribution in [1.29, 1.82) is 0 Å². The smallest absolute Gasteiger partial charge is 0.307 e. The molecule has 3 rings (SSSR count). The number of halogens is 3. The maximum Gasteiger partial charge on any atom is 0.433 e. The first-order valence-corrected chi connectivity index (χ1v) is 12.0. The number of carbonyl (C=O) groups excluding carboxylic acids is 1. The van der Waals surface area contributed by atoms with E-state index in [2.05, 4.69) is 23.1 Å². The molecule has 0 aliphatic heterocycles. The predicted molar refractivity (Wildman–Crippen MR) is 113 cm³/mol. The molecule has 1 heterocycles. The van der Waals surface area contributed by atoms with Crippen LogP contribution in [0.15, 0.2) is 46.2 Å². The Labute approximate surface area is 185 Å². The number of nitrogens with one attached hydrogen (secondary N) is 2. The van der Waals surface area contributed by atoms with Crippen molar-refractivity contribution in [3.8, 4) is 0 Å². The Hall–Kier alpha value is -2.56. The van der Waals surface area contributed by atoms with Gasteiger partial charge in [0.05, 0.1) is 0 Å². The van der Waals surface area contributed by atoms with Crippen molar-refractivity contribution in [3.63, 3.8) is 0 Å². The van der Waals surface area contributed by atoms with Gasteiger partial charge in [0.15, 0.2) is 5.03 Å². The highest BCUT2D eigenvalue weighted by Crippen LogP contribution is 2.36. The number of rotatable bonds is 4. The molecule has 2 aliphatic rings. The Bertz CT molecular complexity index is 1080. The Morgan fingerprint density at radius 2 is 1.91 bits per heavy atom. The minimum absolute atomic E-state index is 0.425. The lowest BCUT2D eigenvalue weighted by molar-refractivity contribution is -0.144. The Kier molecular flexibility index (Phi) is 6.87. The summed E-state index contributed by atoms with van der Waals surface area (Å²) in [4.78, 5) is 12.6. The van der Waals surface area contributed by atoms with Crippen LogP contribution in [0.3, 0.4) is 0 Å². The summed E-state index contributed by atoms with van der Waals surface area (Å²) in [5, 5.41) is 5.30. The molecule has 0 spiro atoms. The maximum atomic E-state index is 13.3. The number of alkyl halides is 3. The fourth-order valence-corrected chi connectivity index (χ4v) is 4.82. The summed E-state index contributed by atoms with van der Waals surface area (Å²) in [6.45, 7) is 6.94. The highest BCUT2D eigenvalue weighted by molar-refractivity contribution is 7.90. The van der Waals surface area contributed by atoms with Gasteiger partial charge < -0.3 is 5.32 Å². The van der Waals surface area contributed by atoms with Gasteiger partial charge in [0, 0.05) is 17.8 Å². The van der Waals surface area contributed by atoms with Crippen molar-refractivity contribution >= 4 is 16.1 Å². The molecule has 0 saturated heterocycles. The Morgan fingerprint density at radius 1 is 1.19 bits per heavy atom. The summed E-state index contributed by atoms with van der Waals surface area (Å²) in [6.07, 6.45) is 3.35. The summed E-state index contributed by atoms with van der Waals surface area (Å²) < 4.78 is 67.4. The second-order valence-corrected chi connectivity index (χ2v) is 9.88. The van der Waals surface area contributed by atoms with Crippen molar-refractivity contribution in [2.45, 2.75) is 76.0 Å². The molecular weight excluding hydrogens is 445 g/mol. The molecule has 11 heteroatoms. The third kappa shape index (κ3) is 5.25. The van der Waals surface area contributed by atoms with Gasteiger partial charge in [-0.05, 0) is 75.5 Å². The van der Waals surface area contributed by atoms with Crippen LogP contribution >= 0.6 is 0 Å². The largest absolute Gasteiger partial charge is 0.433 e. The van der Waals surface area contributed by atoms with E-state index in [-0.39, 0.29) is 0 Å². The molecule has 0 radical (unpaired) electrons. The van der Waals surface area contributed by atoms with Crippen LogP contribution in [0.4, 0.5) is 18.0 Å². The molecule has 0 unspecified atom stereocenters. The first-order valence-electron chi connectivity index (χ1n) is 10.5. The number of carbonyl (C=O) groups is 1. The monoisotopic (exact) mass is 472 g/mol. The summed E-state index contributed by atoms with van der Waals surface area (Å²) in [5.74, 6) is 0. The van der Waals surface area contributed by atoms with Crippen LogP contribution in [0.1, 0.15) is 70.5 Å². The lowest BCUT2D eigenvalue weighted by atomic mass is 10.0. The standard InChI is InChI=1S/C21H27F3N4O3S/c1-13(2)28-17(21(22,23)24)12-18(26-28)32(30,31)27-20(29)25-19-14(3)8-5-4-6-9-15-10-7-11-16(15)19/h9,12-13H,3-8,10-11H2,1-2H3,(H2,25,27,29)/b15-9-,19-16?. The Balaban J connectivity index is 1.86. The molecule has 1 fully saturated rings.